The first-order chi connectivity index (χ1) is 10.2. The quantitative estimate of drug-likeness (QED) is 0.851. The van der Waals surface area contributed by atoms with E-state index in [2.05, 4.69) is 28.8 Å². The number of ether oxygens (including phenoxy) is 1. The summed E-state index contributed by atoms with van der Waals surface area (Å²) in [5.74, 6) is 7.52. The van der Waals surface area contributed by atoms with Crippen LogP contribution in [0.2, 0.25) is 0 Å². The summed E-state index contributed by atoms with van der Waals surface area (Å²) in [5, 5.41) is 4.18. The van der Waals surface area contributed by atoms with Gasteiger partial charge < -0.3 is 10.5 Å². The molecule has 0 amide bonds. The maximum Gasteiger partial charge on any atom is 0.164 e. The van der Waals surface area contributed by atoms with Crippen molar-refractivity contribution in [2.75, 3.05) is 6.54 Å². The molecular formula is C16H20N4O. The zero-order chi connectivity index (χ0) is 15.1. The molecule has 0 aliphatic rings. The number of rotatable bonds is 5. The zero-order valence-electron chi connectivity index (χ0n) is 12.5. The van der Waals surface area contributed by atoms with E-state index in [9.17, 15) is 0 Å². The van der Waals surface area contributed by atoms with Crippen molar-refractivity contribution in [3.05, 3.63) is 41.5 Å². The van der Waals surface area contributed by atoms with Crippen LogP contribution < -0.4 is 10.5 Å². The third-order valence-electron chi connectivity index (χ3n) is 3.00. The second-order valence-electron chi connectivity index (χ2n) is 4.67. The van der Waals surface area contributed by atoms with Gasteiger partial charge in [0.05, 0.1) is 6.54 Å². The van der Waals surface area contributed by atoms with Crippen molar-refractivity contribution in [1.82, 2.24) is 14.8 Å². The van der Waals surface area contributed by atoms with E-state index in [1.807, 2.05) is 29.8 Å². The molecule has 0 atom stereocenters. The van der Waals surface area contributed by atoms with E-state index in [0.29, 0.717) is 13.2 Å². The van der Waals surface area contributed by atoms with Crippen LogP contribution in [0, 0.1) is 18.8 Å². The van der Waals surface area contributed by atoms with Gasteiger partial charge in [-0.3, -0.25) is 0 Å². The number of nitrogens with zero attached hydrogens (tertiary/aromatic N) is 3. The van der Waals surface area contributed by atoms with Crippen molar-refractivity contribution in [1.29, 1.82) is 0 Å². The van der Waals surface area contributed by atoms with Gasteiger partial charge in [-0.05, 0) is 37.1 Å². The molecule has 0 spiro atoms. The summed E-state index contributed by atoms with van der Waals surface area (Å²) in [4.78, 5) is 4.23. The smallest absolute Gasteiger partial charge is 0.164 e. The Hall–Kier alpha value is -2.32. The first-order valence-electron chi connectivity index (χ1n) is 7.03. The van der Waals surface area contributed by atoms with Gasteiger partial charge in [-0.15, -0.1) is 0 Å². The second-order valence-corrected chi connectivity index (χ2v) is 4.67. The van der Waals surface area contributed by atoms with Gasteiger partial charge in [-0.2, -0.15) is 5.10 Å². The molecule has 0 unspecified atom stereocenters. The van der Waals surface area contributed by atoms with E-state index in [4.69, 9.17) is 10.5 Å². The predicted octanol–water partition coefficient (Wildman–Crippen LogP) is 1.89. The number of aromatic nitrogens is 3. The van der Waals surface area contributed by atoms with Crippen LogP contribution in [0.1, 0.15) is 30.3 Å². The average molecular weight is 284 g/mol. The fraction of sp³-hybridized carbons (Fsp3) is 0.375. The summed E-state index contributed by atoms with van der Waals surface area (Å²) >= 11 is 0. The van der Waals surface area contributed by atoms with E-state index in [0.717, 1.165) is 35.7 Å². The molecule has 2 aromatic rings. The fourth-order valence-electron chi connectivity index (χ4n) is 1.98. The van der Waals surface area contributed by atoms with Gasteiger partial charge >= 0.3 is 0 Å². The molecule has 21 heavy (non-hydrogen) atoms. The molecule has 2 N–H and O–H groups in total. The van der Waals surface area contributed by atoms with Crippen LogP contribution in [0.4, 0.5) is 0 Å². The van der Waals surface area contributed by atoms with E-state index >= 15 is 0 Å². The molecule has 0 saturated heterocycles. The van der Waals surface area contributed by atoms with Gasteiger partial charge in [0.15, 0.2) is 5.82 Å². The lowest BCUT2D eigenvalue weighted by atomic mass is 10.1. The molecule has 0 fully saturated rings. The Morgan fingerprint density at radius 1 is 1.38 bits per heavy atom. The Balaban J connectivity index is 2.04. The highest BCUT2D eigenvalue weighted by molar-refractivity contribution is 5.43. The van der Waals surface area contributed by atoms with Crippen LogP contribution in [0.15, 0.2) is 24.5 Å². The third kappa shape index (κ3) is 4.07. The second kappa shape index (κ2) is 7.46. The van der Waals surface area contributed by atoms with Crippen LogP contribution in [-0.2, 0) is 13.2 Å². The van der Waals surface area contributed by atoms with Crippen LogP contribution in [0.5, 0.6) is 5.75 Å². The number of nitrogens with two attached hydrogens (primary N) is 1. The largest absolute Gasteiger partial charge is 0.485 e. The Kier molecular flexibility index (Phi) is 5.35. The van der Waals surface area contributed by atoms with Crippen molar-refractivity contribution in [2.45, 2.75) is 33.4 Å². The lowest BCUT2D eigenvalue weighted by Gasteiger charge is -2.10. The number of hydrogen-bond donors (Lipinski definition) is 1. The first-order valence-corrected chi connectivity index (χ1v) is 7.03. The lowest BCUT2D eigenvalue weighted by Crippen LogP contribution is -2.08. The van der Waals surface area contributed by atoms with E-state index in [1.54, 1.807) is 6.33 Å². The van der Waals surface area contributed by atoms with E-state index in [1.165, 1.54) is 0 Å². The SMILES string of the molecule is CCCn1ncnc1COc1ccc(C#CCN)cc1C. The molecule has 0 aliphatic carbocycles. The third-order valence-corrected chi connectivity index (χ3v) is 3.00. The number of aryl methyl sites for hydroxylation is 2. The zero-order valence-corrected chi connectivity index (χ0v) is 12.5. The molecule has 5 nitrogen and oxygen atoms in total. The monoisotopic (exact) mass is 284 g/mol. The highest BCUT2D eigenvalue weighted by Gasteiger charge is 2.06. The van der Waals surface area contributed by atoms with Crippen molar-refractivity contribution in [3.63, 3.8) is 0 Å². The molecule has 5 heteroatoms. The molecule has 2 rings (SSSR count). The topological polar surface area (TPSA) is 66.0 Å². The summed E-state index contributed by atoms with van der Waals surface area (Å²) in [6, 6.07) is 5.85. The molecule has 0 bridgehead atoms. The molecule has 0 aliphatic heterocycles. The van der Waals surface area contributed by atoms with Crippen molar-refractivity contribution >= 4 is 0 Å². The number of benzene rings is 1. The van der Waals surface area contributed by atoms with Crippen molar-refractivity contribution < 1.29 is 4.74 Å². The highest BCUT2D eigenvalue weighted by Crippen LogP contribution is 2.19. The Morgan fingerprint density at radius 2 is 2.24 bits per heavy atom. The standard InChI is InChI=1S/C16H20N4O/c1-3-9-20-16(18-12-19-20)11-21-15-7-6-14(5-4-8-17)10-13(15)2/h6-7,10,12H,3,8-9,11,17H2,1-2H3. The molecular weight excluding hydrogens is 264 g/mol. The van der Waals surface area contributed by atoms with Crippen molar-refractivity contribution in [3.8, 4) is 17.6 Å². The lowest BCUT2D eigenvalue weighted by molar-refractivity contribution is 0.284. The Labute approximate surface area is 125 Å². The molecule has 110 valence electrons. The Morgan fingerprint density at radius 3 is 2.95 bits per heavy atom. The van der Waals surface area contributed by atoms with Gasteiger partial charge in [0.25, 0.3) is 0 Å². The summed E-state index contributed by atoms with van der Waals surface area (Å²) < 4.78 is 7.70. The minimum Gasteiger partial charge on any atom is -0.485 e. The molecule has 1 heterocycles. The molecule has 1 aromatic carbocycles. The summed E-state index contributed by atoms with van der Waals surface area (Å²) in [6.45, 7) is 5.74. The van der Waals surface area contributed by atoms with Gasteiger partial charge in [-0.25, -0.2) is 9.67 Å². The van der Waals surface area contributed by atoms with Gasteiger partial charge in [0.2, 0.25) is 0 Å². The van der Waals surface area contributed by atoms with E-state index in [-0.39, 0.29) is 0 Å². The van der Waals surface area contributed by atoms with E-state index < -0.39 is 0 Å². The molecule has 0 radical (unpaired) electrons. The number of hydrogen-bond acceptors (Lipinski definition) is 4. The van der Waals surface area contributed by atoms with Crippen LogP contribution in [-0.4, -0.2) is 21.3 Å². The average Bonchev–Trinajstić information content (AvgIpc) is 2.92. The van der Waals surface area contributed by atoms with Crippen LogP contribution in [0.25, 0.3) is 0 Å². The van der Waals surface area contributed by atoms with Crippen LogP contribution >= 0.6 is 0 Å². The summed E-state index contributed by atoms with van der Waals surface area (Å²) in [5.41, 5.74) is 7.36. The van der Waals surface area contributed by atoms with Crippen molar-refractivity contribution in [2.24, 2.45) is 5.73 Å². The summed E-state index contributed by atoms with van der Waals surface area (Å²) in [7, 11) is 0. The summed E-state index contributed by atoms with van der Waals surface area (Å²) in [6.07, 6.45) is 2.58. The van der Waals surface area contributed by atoms with Gasteiger partial charge in [0, 0.05) is 12.1 Å². The van der Waals surface area contributed by atoms with Crippen LogP contribution in [0.3, 0.4) is 0 Å². The highest BCUT2D eigenvalue weighted by atomic mass is 16.5. The van der Waals surface area contributed by atoms with Gasteiger partial charge in [-0.1, -0.05) is 18.8 Å². The predicted molar refractivity (Wildman–Crippen MR) is 81.8 cm³/mol. The minimum absolute atomic E-state index is 0.365. The maximum absolute atomic E-state index is 5.83. The molecule has 0 saturated carbocycles. The van der Waals surface area contributed by atoms with Gasteiger partial charge in [0.1, 0.15) is 18.7 Å². The normalized spacial score (nSPS) is 10.0. The minimum atomic E-state index is 0.365. The fourth-order valence-corrected chi connectivity index (χ4v) is 1.98. The first kappa shape index (κ1) is 15.1. The maximum atomic E-state index is 5.83. The molecule has 1 aromatic heterocycles. The Bertz CT molecular complexity index is 652.